The van der Waals surface area contributed by atoms with Gasteiger partial charge in [-0.1, -0.05) is 0 Å². The number of rotatable bonds is 1. The van der Waals surface area contributed by atoms with E-state index >= 15 is 0 Å². The SMILES string of the molecule is Oc1ccc(N2NNNC2=S)cc1. The minimum absolute atomic E-state index is 0.231. The first kappa shape index (κ1) is 8.24. The number of hydrogen-bond donors (Lipinski definition) is 4. The number of aromatic hydroxyl groups is 1. The van der Waals surface area contributed by atoms with Crippen molar-refractivity contribution >= 4 is 23.0 Å². The number of hydrogen-bond acceptors (Lipinski definition) is 4. The first-order valence-electron chi connectivity index (χ1n) is 3.67. The van der Waals surface area contributed by atoms with Crippen LogP contribution in [0, 0.1) is 0 Å². The van der Waals surface area contributed by atoms with Crippen molar-refractivity contribution in [1.82, 2.24) is 16.5 Å². The predicted molar refractivity (Wildman–Crippen MR) is 52.6 cm³/mol. The quantitative estimate of drug-likeness (QED) is 0.475. The number of hydrazine groups is 3. The zero-order valence-corrected chi connectivity index (χ0v) is 7.43. The minimum atomic E-state index is 0.231. The Labute approximate surface area is 80.3 Å². The number of thiocarbonyl (C=S) groups is 1. The molecule has 0 atom stereocenters. The second-order valence-electron chi connectivity index (χ2n) is 2.52. The Morgan fingerprint density at radius 2 is 1.92 bits per heavy atom. The number of phenolic OH excluding ortho intramolecular Hbond substituents is 1. The molecule has 1 fully saturated rings. The Morgan fingerprint density at radius 3 is 2.46 bits per heavy atom. The van der Waals surface area contributed by atoms with Crippen LogP contribution in [0.15, 0.2) is 24.3 Å². The zero-order chi connectivity index (χ0) is 9.26. The van der Waals surface area contributed by atoms with Gasteiger partial charge in [-0.25, -0.2) is 5.01 Å². The highest BCUT2D eigenvalue weighted by atomic mass is 32.1. The average Bonchev–Trinajstić information content (AvgIpc) is 2.53. The summed E-state index contributed by atoms with van der Waals surface area (Å²) in [4.78, 5) is 0. The average molecular weight is 196 g/mol. The van der Waals surface area contributed by atoms with E-state index in [2.05, 4.69) is 16.5 Å². The van der Waals surface area contributed by atoms with Crippen LogP contribution in [0.4, 0.5) is 5.69 Å². The van der Waals surface area contributed by atoms with Crippen LogP contribution in [-0.2, 0) is 0 Å². The third-order valence-corrected chi connectivity index (χ3v) is 1.93. The largest absolute Gasteiger partial charge is 0.508 e. The Kier molecular flexibility index (Phi) is 2.01. The van der Waals surface area contributed by atoms with Gasteiger partial charge in [-0.3, -0.25) is 5.43 Å². The summed E-state index contributed by atoms with van der Waals surface area (Å²) in [6.45, 7) is 0. The molecule has 0 amide bonds. The molecule has 6 heteroatoms. The van der Waals surface area contributed by atoms with E-state index in [0.717, 1.165) is 5.69 Å². The Bertz CT molecular complexity index is 326. The lowest BCUT2D eigenvalue weighted by atomic mass is 10.3. The van der Waals surface area contributed by atoms with Crippen LogP contribution in [0.3, 0.4) is 0 Å². The van der Waals surface area contributed by atoms with Crippen LogP contribution in [0.5, 0.6) is 5.75 Å². The number of nitrogens with zero attached hydrogens (tertiary/aromatic N) is 1. The fraction of sp³-hybridized carbons (Fsp3) is 0. The van der Waals surface area contributed by atoms with Crippen molar-refractivity contribution in [2.45, 2.75) is 0 Å². The molecule has 0 unspecified atom stereocenters. The molecule has 13 heavy (non-hydrogen) atoms. The van der Waals surface area contributed by atoms with Gasteiger partial charge in [0.25, 0.3) is 0 Å². The Hall–Kier alpha value is -1.37. The highest BCUT2D eigenvalue weighted by Crippen LogP contribution is 2.17. The van der Waals surface area contributed by atoms with Crippen LogP contribution in [0.2, 0.25) is 0 Å². The van der Waals surface area contributed by atoms with Gasteiger partial charge in [0.1, 0.15) is 5.75 Å². The fourth-order valence-corrected chi connectivity index (χ4v) is 1.23. The zero-order valence-electron chi connectivity index (χ0n) is 6.61. The van der Waals surface area contributed by atoms with Gasteiger partial charge < -0.3 is 5.11 Å². The molecular formula is C7H8N4OS. The van der Waals surface area contributed by atoms with E-state index in [1.807, 2.05) is 0 Å². The first-order chi connectivity index (χ1) is 6.27. The number of anilines is 1. The van der Waals surface area contributed by atoms with Crippen molar-refractivity contribution in [1.29, 1.82) is 0 Å². The van der Waals surface area contributed by atoms with E-state index in [-0.39, 0.29) is 5.75 Å². The molecule has 1 saturated heterocycles. The maximum atomic E-state index is 9.06. The molecule has 1 aliphatic rings. The van der Waals surface area contributed by atoms with Gasteiger partial charge >= 0.3 is 0 Å². The van der Waals surface area contributed by atoms with E-state index < -0.39 is 0 Å². The summed E-state index contributed by atoms with van der Waals surface area (Å²) in [7, 11) is 0. The van der Waals surface area contributed by atoms with Crippen molar-refractivity contribution in [3.63, 3.8) is 0 Å². The third kappa shape index (κ3) is 1.55. The van der Waals surface area contributed by atoms with E-state index in [1.165, 1.54) is 0 Å². The Morgan fingerprint density at radius 1 is 1.23 bits per heavy atom. The van der Waals surface area contributed by atoms with Gasteiger partial charge in [0.2, 0.25) is 5.11 Å². The molecule has 4 N–H and O–H groups in total. The van der Waals surface area contributed by atoms with Crippen LogP contribution < -0.4 is 21.5 Å². The minimum Gasteiger partial charge on any atom is -0.508 e. The monoisotopic (exact) mass is 196 g/mol. The summed E-state index contributed by atoms with van der Waals surface area (Å²) in [5.41, 5.74) is 9.01. The van der Waals surface area contributed by atoms with Gasteiger partial charge in [-0.05, 0) is 36.5 Å². The molecular weight excluding hydrogens is 188 g/mol. The molecule has 2 rings (SSSR count). The molecule has 0 radical (unpaired) electrons. The topological polar surface area (TPSA) is 59.6 Å². The van der Waals surface area contributed by atoms with E-state index in [0.29, 0.717) is 5.11 Å². The lowest BCUT2D eigenvalue weighted by molar-refractivity contribution is 0.475. The summed E-state index contributed by atoms with van der Waals surface area (Å²) in [6.07, 6.45) is 0. The molecule has 68 valence electrons. The smallest absolute Gasteiger partial charge is 0.205 e. The molecule has 0 saturated carbocycles. The van der Waals surface area contributed by atoms with Crippen molar-refractivity contribution < 1.29 is 5.11 Å². The van der Waals surface area contributed by atoms with E-state index in [4.69, 9.17) is 17.3 Å². The summed E-state index contributed by atoms with van der Waals surface area (Å²) < 4.78 is 0. The summed E-state index contributed by atoms with van der Waals surface area (Å²) in [5.74, 6) is 0.231. The van der Waals surface area contributed by atoms with Crippen molar-refractivity contribution in [2.24, 2.45) is 0 Å². The van der Waals surface area contributed by atoms with Gasteiger partial charge in [-0.15, -0.1) is 5.53 Å². The van der Waals surface area contributed by atoms with E-state index in [1.54, 1.807) is 29.3 Å². The highest BCUT2D eigenvalue weighted by Gasteiger charge is 2.16. The van der Waals surface area contributed by atoms with Crippen molar-refractivity contribution in [3.8, 4) is 5.75 Å². The van der Waals surface area contributed by atoms with Crippen LogP contribution in [-0.4, -0.2) is 10.2 Å². The summed E-state index contributed by atoms with van der Waals surface area (Å²) in [6, 6.07) is 6.70. The molecule has 1 aromatic rings. The number of phenols is 1. The lowest BCUT2D eigenvalue weighted by Crippen LogP contribution is -2.37. The molecule has 0 spiro atoms. The molecule has 1 heterocycles. The summed E-state index contributed by atoms with van der Waals surface area (Å²) >= 11 is 4.98. The lowest BCUT2D eigenvalue weighted by Gasteiger charge is -2.14. The number of nitrogens with one attached hydrogen (secondary N) is 3. The third-order valence-electron chi connectivity index (χ3n) is 1.65. The van der Waals surface area contributed by atoms with E-state index in [9.17, 15) is 0 Å². The fourth-order valence-electron chi connectivity index (χ4n) is 1.03. The Balaban J connectivity index is 2.25. The molecule has 0 aliphatic carbocycles. The van der Waals surface area contributed by atoms with Crippen molar-refractivity contribution in [3.05, 3.63) is 24.3 Å². The molecule has 0 aromatic heterocycles. The standard InChI is InChI=1S/C7H8N4OS/c12-6-3-1-5(2-4-6)11-7(13)8-9-10-11/h1-4,9-10,12H,(H,8,13). The highest BCUT2D eigenvalue weighted by molar-refractivity contribution is 7.80. The maximum absolute atomic E-state index is 9.06. The second-order valence-corrected chi connectivity index (χ2v) is 2.91. The maximum Gasteiger partial charge on any atom is 0.205 e. The normalized spacial score (nSPS) is 16.0. The molecule has 1 aliphatic heterocycles. The second kappa shape index (κ2) is 3.17. The first-order valence-corrected chi connectivity index (χ1v) is 4.08. The summed E-state index contributed by atoms with van der Waals surface area (Å²) in [5, 5.41) is 11.2. The molecule has 0 bridgehead atoms. The predicted octanol–water partition coefficient (Wildman–Crippen LogP) is 0.0109. The van der Waals surface area contributed by atoms with Crippen molar-refractivity contribution in [2.75, 3.05) is 5.01 Å². The van der Waals surface area contributed by atoms with Gasteiger partial charge in [-0.2, -0.15) is 5.53 Å². The molecule has 1 aromatic carbocycles. The van der Waals surface area contributed by atoms with Gasteiger partial charge in [0, 0.05) is 0 Å². The van der Waals surface area contributed by atoms with Gasteiger partial charge in [0.15, 0.2) is 0 Å². The van der Waals surface area contributed by atoms with Crippen LogP contribution >= 0.6 is 12.2 Å². The molecule has 5 nitrogen and oxygen atoms in total. The van der Waals surface area contributed by atoms with Crippen LogP contribution in [0.1, 0.15) is 0 Å². The van der Waals surface area contributed by atoms with Gasteiger partial charge in [0.05, 0.1) is 5.69 Å². The van der Waals surface area contributed by atoms with Crippen LogP contribution in [0.25, 0.3) is 0 Å². The number of benzene rings is 1.